The highest BCUT2D eigenvalue weighted by Crippen LogP contribution is 2.19. The third kappa shape index (κ3) is 4.47. The molecule has 1 atom stereocenters. The number of nitrogens with two attached hydrogens (primary N) is 1. The minimum atomic E-state index is -4.45. The zero-order valence-corrected chi connectivity index (χ0v) is 12.8. The van der Waals surface area contributed by atoms with Crippen molar-refractivity contribution in [2.45, 2.75) is 25.7 Å². The van der Waals surface area contributed by atoms with Crippen molar-refractivity contribution >= 4 is 15.9 Å². The van der Waals surface area contributed by atoms with Crippen molar-refractivity contribution in [2.75, 3.05) is 6.54 Å². The number of carbonyl (C=O) groups is 1. The Kier molecular flexibility index (Phi) is 5.41. The Morgan fingerprint density at radius 1 is 1.29 bits per heavy atom. The first-order chi connectivity index (χ1) is 9.54. The van der Waals surface area contributed by atoms with Crippen LogP contribution in [0.4, 0.5) is 8.78 Å². The molecule has 1 amide bonds. The van der Waals surface area contributed by atoms with Gasteiger partial charge in [-0.25, -0.2) is 22.3 Å². The second kappa shape index (κ2) is 6.48. The van der Waals surface area contributed by atoms with Crippen LogP contribution in [0.3, 0.4) is 0 Å². The summed E-state index contributed by atoms with van der Waals surface area (Å²) in [5.74, 6) is -2.87. The minimum absolute atomic E-state index is 0.128. The Morgan fingerprint density at radius 3 is 2.33 bits per heavy atom. The molecule has 0 saturated heterocycles. The Morgan fingerprint density at radius 2 is 1.86 bits per heavy atom. The number of halogens is 2. The maximum absolute atomic E-state index is 14.0. The summed E-state index contributed by atoms with van der Waals surface area (Å²) < 4.78 is 49.7. The van der Waals surface area contributed by atoms with Gasteiger partial charge in [0.1, 0.15) is 10.7 Å². The predicted octanol–water partition coefficient (Wildman–Crippen LogP) is 1.63. The van der Waals surface area contributed by atoms with Crippen molar-refractivity contribution in [3.63, 3.8) is 0 Å². The molecule has 118 valence electrons. The molecular weight excluding hydrogens is 302 g/mol. The molecule has 0 fully saturated rings. The van der Waals surface area contributed by atoms with Gasteiger partial charge in [-0.1, -0.05) is 20.8 Å². The van der Waals surface area contributed by atoms with Crippen molar-refractivity contribution in [1.29, 1.82) is 0 Å². The highest BCUT2D eigenvalue weighted by molar-refractivity contribution is 7.89. The van der Waals surface area contributed by atoms with Crippen LogP contribution in [-0.2, 0) is 10.0 Å². The number of amides is 1. The van der Waals surface area contributed by atoms with Crippen LogP contribution in [0.25, 0.3) is 0 Å². The largest absolute Gasteiger partial charge is 0.352 e. The fourth-order valence-electron chi connectivity index (χ4n) is 1.52. The second-order valence-corrected chi connectivity index (χ2v) is 6.77. The fraction of sp³-hybridized carbons (Fsp3) is 0.462. The molecule has 0 aliphatic rings. The van der Waals surface area contributed by atoms with E-state index in [1.165, 1.54) is 0 Å². The van der Waals surface area contributed by atoms with Gasteiger partial charge in [0.2, 0.25) is 10.0 Å². The average molecular weight is 320 g/mol. The van der Waals surface area contributed by atoms with Crippen LogP contribution in [-0.4, -0.2) is 20.9 Å². The molecule has 0 aliphatic carbocycles. The normalized spacial score (nSPS) is 13.3. The zero-order valence-electron chi connectivity index (χ0n) is 12.0. The summed E-state index contributed by atoms with van der Waals surface area (Å²) in [5, 5.41) is 7.24. The van der Waals surface area contributed by atoms with Gasteiger partial charge >= 0.3 is 0 Å². The second-order valence-electron chi connectivity index (χ2n) is 5.24. The molecule has 1 aromatic carbocycles. The number of benzene rings is 1. The van der Waals surface area contributed by atoms with E-state index >= 15 is 0 Å². The number of hydrogen-bond acceptors (Lipinski definition) is 3. The molecule has 0 radical (unpaired) electrons. The highest BCUT2D eigenvalue weighted by atomic mass is 32.2. The van der Waals surface area contributed by atoms with Gasteiger partial charge in [-0.3, -0.25) is 4.79 Å². The molecule has 0 aromatic heterocycles. The van der Waals surface area contributed by atoms with Crippen LogP contribution in [0.1, 0.15) is 31.1 Å². The molecule has 0 spiro atoms. The first kappa shape index (κ1) is 17.5. The summed E-state index contributed by atoms with van der Waals surface area (Å²) in [6.45, 7) is 6.07. The van der Waals surface area contributed by atoms with Crippen molar-refractivity contribution in [3.8, 4) is 0 Å². The molecule has 0 bridgehead atoms. The topological polar surface area (TPSA) is 89.3 Å². The number of sulfonamides is 1. The van der Waals surface area contributed by atoms with E-state index in [-0.39, 0.29) is 12.5 Å². The van der Waals surface area contributed by atoms with Crippen molar-refractivity contribution in [1.82, 2.24) is 5.32 Å². The van der Waals surface area contributed by atoms with E-state index in [1.54, 1.807) is 0 Å². The van der Waals surface area contributed by atoms with Crippen LogP contribution in [0, 0.1) is 23.5 Å². The lowest BCUT2D eigenvalue weighted by atomic mass is 9.98. The number of primary sulfonamides is 1. The maximum atomic E-state index is 14.0. The SMILES string of the molecule is CC(C)C(C)CNC(=O)c1cc(F)cc(S(N)(=O)=O)c1F. The third-order valence-electron chi connectivity index (χ3n) is 3.28. The number of nitrogens with one attached hydrogen (secondary N) is 1. The van der Waals surface area contributed by atoms with Crippen LogP contribution < -0.4 is 10.5 Å². The Balaban J connectivity index is 3.08. The fourth-order valence-corrected chi connectivity index (χ4v) is 2.16. The molecule has 0 aliphatic heterocycles. The molecule has 1 unspecified atom stereocenters. The maximum Gasteiger partial charge on any atom is 0.254 e. The summed E-state index contributed by atoms with van der Waals surface area (Å²) in [6.07, 6.45) is 0. The summed E-state index contributed by atoms with van der Waals surface area (Å²) in [7, 11) is -4.45. The monoisotopic (exact) mass is 320 g/mol. The predicted molar refractivity (Wildman–Crippen MR) is 74.1 cm³/mol. The molecule has 1 aromatic rings. The molecule has 1 rings (SSSR count). The van der Waals surface area contributed by atoms with Gasteiger partial charge in [0.25, 0.3) is 5.91 Å². The summed E-state index contributed by atoms with van der Waals surface area (Å²) in [5.41, 5.74) is -0.685. The smallest absolute Gasteiger partial charge is 0.254 e. The van der Waals surface area contributed by atoms with E-state index in [2.05, 4.69) is 5.32 Å². The first-order valence-electron chi connectivity index (χ1n) is 6.34. The molecule has 8 heteroatoms. The summed E-state index contributed by atoms with van der Waals surface area (Å²) in [4.78, 5) is 10.8. The van der Waals surface area contributed by atoms with E-state index in [9.17, 15) is 22.0 Å². The number of carbonyl (C=O) groups excluding carboxylic acids is 1. The van der Waals surface area contributed by atoms with Gasteiger partial charge in [-0.2, -0.15) is 0 Å². The minimum Gasteiger partial charge on any atom is -0.352 e. The van der Waals surface area contributed by atoms with Crippen molar-refractivity contribution < 1.29 is 22.0 Å². The van der Waals surface area contributed by atoms with Crippen LogP contribution in [0.5, 0.6) is 0 Å². The Bertz CT molecular complexity index is 645. The van der Waals surface area contributed by atoms with Gasteiger partial charge in [0.15, 0.2) is 5.82 Å². The van der Waals surface area contributed by atoms with Crippen molar-refractivity contribution in [3.05, 3.63) is 29.3 Å². The van der Waals surface area contributed by atoms with Gasteiger partial charge in [0.05, 0.1) is 5.56 Å². The van der Waals surface area contributed by atoms with Crippen LogP contribution >= 0.6 is 0 Å². The van der Waals surface area contributed by atoms with E-state index in [0.717, 1.165) is 0 Å². The molecular formula is C13H18F2N2O3S. The molecule has 3 N–H and O–H groups in total. The Hall–Kier alpha value is -1.54. The molecule has 0 heterocycles. The number of rotatable bonds is 5. The van der Waals surface area contributed by atoms with E-state index in [4.69, 9.17) is 5.14 Å². The van der Waals surface area contributed by atoms with Crippen molar-refractivity contribution in [2.24, 2.45) is 17.0 Å². The molecule has 21 heavy (non-hydrogen) atoms. The molecule has 5 nitrogen and oxygen atoms in total. The lowest BCUT2D eigenvalue weighted by molar-refractivity contribution is 0.0939. The van der Waals surface area contributed by atoms with Crippen LogP contribution in [0.2, 0.25) is 0 Å². The number of hydrogen-bond donors (Lipinski definition) is 2. The van der Waals surface area contributed by atoms with Gasteiger partial charge in [0, 0.05) is 6.54 Å². The summed E-state index contributed by atoms with van der Waals surface area (Å²) >= 11 is 0. The van der Waals surface area contributed by atoms with E-state index in [1.807, 2.05) is 20.8 Å². The summed E-state index contributed by atoms with van der Waals surface area (Å²) in [6, 6.07) is 1.08. The lowest BCUT2D eigenvalue weighted by Gasteiger charge is -2.16. The van der Waals surface area contributed by atoms with Gasteiger partial charge in [-0.05, 0) is 24.0 Å². The Labute approximate surface area is 122 Å². The average Bonchev–Trinajstić information content (AvgIpc) is 2.36. The zero-order chi connectivity index (χ0) is 16.4. The van der Waals surface area contributed by atoms with Crippen LogP contribution in [0.15, 0.2) is 17.0 Å². The van der Waals surface area contributed by atoms with E-state index < -0.39 is 38.0 Å². The lowest BCUT2D eigenvalue weighted by Crippen LogP contribution is -2.31. The quantitative estimate of drug-likeness (QED) is 0.864. The third-order valence-corrected chi connectivity index (χ3v) is 4.19. The highest BCUT2D eigenvalue weighted by Gasteiger charge is 2.23. The van der Waals surface area contributed by atoms with E-state index in [0.29, 0.717) is 18.1 Å². The standard InChI is InChI=1S/C13H18F2N2O3S/c1-7(2)8(3)6-17-13(18)10-4-9(14)5-11(12(10)15)21(16,19)20/h4-5,7-8H,6H2,1-3H3,(H,17,18)(H2,16,19,20). The molecule has 0 saturated carbocycles. The van der Waals surface area contributed by atoms with Gasteiger partial charge < -0.3 is 5.32 Å². The van der Waals surface area contributed by atoms with Gasteiger partial charge in [-0.15, -0.1) is 0 Å². The first-order valence-corrected chi connectivity index (χ1v) is 7.88.